The van der Waals surface area contributed by atoms with E-state index in [0.29, 0.717) is 17.9 Å². The second-order valence-electron chi connectivity index (χ2n) is 3.75. The largest absolute Gasteiger partial charge is 0.479 e. The van der Waals surface area contributed by atoms with Gasteiger partial charge in [0.05, 0.1) is 11.4 Å². The zero-order valence-corrected chi connectivity index (χ0v) is 11.0. The lowest BCUT2D eigenvalue weighted by Gasteiger charge is -2.09. The molecule has 0 amide bonds. The van der Waals surface area contributed by atoms with Crippen LogP contribution in [0.1, 0.15) is 19.8 Å². The molecule has 5 nitrogen and oxygen atoms in total. The van der Waals surface area contributed by atoms with E-state index in [1.807, 2.05) is 13.0 Å². The van der Waals surface area contributed by atoms with Gasteiger partial charge in [-0.25, -0.2) is 8.42 Å². The van der Waals surface area contributed by atoms with Gasteiger partial charge in [-0.05, 0) is 18.6 Å². The molecule has 0 bridgehead atoms. The first-order chi connectivity index (χ1) is 8.57. The third-order valence-corrected chi connectivity index (χ3v) is 3.55. The number of hydrogen-bond donors (Lipinski definition) is 1. The molecule has 0 aromatic heterocycles. The molecule has 0 saturated heterocycles. The number of benzene rings is 1. The van der Waals surface area contributed by atoms with Gasteiger partial charge in [0.15, 0.2) is 6.61 Å². The highest BCUT2D eigenvalue weighted by atomic mass is 32.2. The molecule has 0 aliphatic heterocycles. The monoisotopic (exact) mass is 268 g/mol. The van der Waals surface area contributed by atoms with Crippen molar-refractivity contribution < 1.29 is 13.2 Å². The van der Waals surface area contributed by atoms with Crippen molar-refractivity contribution in [3.8, 4) is 11.8 Å². The second-order valence-corrected chi connectivity index (χ2v) is 5.59. The van der Waals surface area contributed by atoms with Crippen LogP contribution in [0.3, 0.4) is 0 Å². The minimum atomic E-state index is -3.30. The van der Waals surface area contributed by atoms with Crippen LogP contribution >= 0.6 is 0 Å². The lowest BCUT2D eigenvalue weighted by molar-refractivity contribution is 0.368. The third kappa shape index (κ3) is 5.06. The fraction of sp³-hybridized carbons (Fsp3) is 0.417. The van der Waals surface area contributed by atoms with E-state index in [9.17, 15) is 8.42 Å². The lowest BCUT2D eigenvalue weighted by atomic mass is 10.3. The Morgan fingerprint density at radius 1 is 1.44 bits per heavy atom. The molecule has 1 aromatic carbocycles. The van der Waals surface area contributed by atoms with E-state index in [0.717, 1.165) is 6.42 Å². The summed E-state index contributed by atoms with van der Waals surface area (Å²) in [4.78, 5) is 0. The number of sulfonamides is 1. The molecular formula is C12H16N2O3S. The van der Waals surface area contributed by atoms with Crippen molar-refractivity contribution >= 4 is 15.7 Å². The number of hydrogen-bond acceptors (Lipinski definition) is 4. The highest BCUT2D eigenvalue weighted by Crippen LogP contribution is 2.18. The number of ether oxygens (including phenoxy) is 1. The number of nitrogens with one attached hydrogen (secondary N) is 1. The van der Waals surface area contributed by atoms with Crippen LogP contribution in [0.15, 0.2) is 24.3 Å². The Hall–Kier alpha value is -1.74. The molecule has 98 valence electrons. The van der Waals surface area contributed by atoms with Crippen LogP contribution in [0.4, 0.5) is 5.69 Å². The zero-order chi connectivity index (χ0) is 13.4. The Bertz CT molecular complexity index is 520. The molecule has 0 saturated carbocycles. The van der Waals surface area contributed by atoms with Gasteiger partial charge >= 0.3 is 0 Å². The first-order valence-corrected chi connectivity index (χ1v) is 7.33. The van der Waals surface area contributed by atoms with E-state index in [1.165, 1.54) is 0 Å². The van der Waals surface area contributed by atoms with E-state index >= 15 is 0 Å². The number of anilines is 1. The Kier molecular flexibility index (Phi) is 5.46. The molecule has 0 aliphatic carbocycles. The predicted molar refractivity (Wildman–Crippen MR) is 69.9 cm³/mol. The molecule has 1 rings (SSSR count). The molecule has 0 spiro atoms. The van der Waals surface area contributed by atoms with E-state index in [2.05, 4.69) is 4.72 Å². The smallest absolute Gasteiger partial charge is 0.232 e. The minimum absolute atomic E-state index is 0.0635. The molecule has 0 fully saturated rings. The Labute approximate surface area is 107 Å². The van der Waals surface area contributed by atoms with Gasteiger partial charge < -0.3 is 4.74 Å². The Morgan fingerprint density at radius 3 is 2.89 bits per heavy atom. The van der Waals surface area contributed by atoms with Crippen LogP contribution in [0.5, 0.6) is 5.75 Å². The normalized spacial score (nSPS) is 10.7. The summed E-state index contributed by atoms with van der Waals surface area (Å²) in [5.74, 6) is 0.569. The minimum Gasteiger partial charge on any atom is -0.479 e. The molecule has 1 N–H and O–H groups in total. The third-order valence-electron chi connectivity index (χ3n) is 2.18. The topological polar surface area (TPSA) is 79.2 Å². The van der Waals surface area contributed by atoms with Crippen molar-refractivity contribution in [1.82, 2.24) is 0 Å². The van der Waals surface area contributed by atoms with E-state index in [-0.39, 0.29) is 12.4 Å². The zero-order valence-electron chi connectivity index (χ0n) is 10.2. The summed E-state index contributed by atoms with van der Waals surface area (Å²) in [6, 6.07) is 8.39. The Balaban J connectivity index is 2.70. The maximum atomic E-state index is 11.7. The number of unbranched alkanes of at least 4 members (excludes halogenated alkanes) is 1. The SMILES string of the molecule is CCCCS(=O)(=O)Nc1cccc(OCC#N)c1. The van der Waals surface area contributed by atoms with Gasteiger partial charge in [-0.2, -0.15) is 5.26 Å². The Morgan fingerprint density at radius 2 is 2.22 bits per heavy atom. The molecule has 6 heteroatoms. The molecule has 0 unspecified atom stereocenters. The molecule has 0 aliphatic rings. The lowest BCUT2D eigenvalue weighted by Crippen LogP contribution is -2.16. The van der Waals surface area contributed by atoms with Gasteiger partial charge in [0.25, 0.3) is 0 Å². The summed E-state index contributed by atoms with van der Waals surface area (Å²) in [7, 11) is -3.30. The van der Waals surface area contributed by atoms with E-state index in [4.69, 9.17) is 10.00 Å². The molecule has 0 atom stereocenters. The van der Waals surface area contributed by atoms with Crippen LogP contribution < -0.4 is 9.46 Å². The first kappa shape index (κ1) is 14.3. The molecule has 1 aromatic rings. The van der Waals surface area contributed by atoms with Crippen LogP contribution in [-0.2, 0) is 10.0 Å². The van der Waals surface area contributed by atoms with E-state index < -0.39 is 10.0 Å². The summed E-state index contributed by atoms with van der Waals surface area (Å²) in [5, 5.41) is 8.39. The van der Waals surface area contributed by atoms with Gasteiger partial charge in [-0.3, -0.25) is 4.72 Å². The summed E-state index contributed by atoms with van der Waals surface area (Å²) >= 11 is 0. The van der Waals surface area contributed by atoms with Crippen molar-refractivity contribution in [2.75, 3.05) is 17.1 Å². The molecule has 18 heavy (non-hydrogen) atoms. The highest BCUT2D eigenvalue weighted by Gasteiger charge is 2.09. The number of nitriles is 1. The molecule has 0 radical (unpaired) electrons. The summed E-state index contributed by atoms with van der Waals surface area (Å²) < 4.78 is 30.9. The number of rotatable bonds is 7. The fourth-order valence-corrected chi connectivity index (χ4v) is 2.59. The standard InChI is InChI=1S/C12H16N2O3S/c1-2-3-9-18(15,16)14-11-5-4-6-12(10-11)17-8-7-13/h4-6,10,14H,2-3,8-9H2,1H3. The highest BCUT2D eigenvalue weighted by molar-refractivity contribution is 7.92. The van der Waals surface area contributed by atoms with Crippen LogP contribution in [-0.4, -0.2) is 20.8 Å². The maximum Gasteiger partial charge on any atom is 0.232 e. The maximum absolute atomic E-state index is 11.7. The fourth-order valence-electron chi connectivity index (χ4n) is 1.33. The van der Waals surface area contributed by atoms with Crippen molar-refractivity contribution in [3.63, 3.8) is 0 Å². The van der Waals surface area contributed by atoms with E-state index in [1.54, 1.807) is 24.3 Å². The molecular weight excluding hydrogens is 252 g/mol. The predicted octanol–water partition coefficient (Wildman–Crippen LogP) is 2.13. The second kappa shape index (κ2) is 6.87. The van der Waals surface area contributed by atoms with Crippen LogP contribution in [0.25, 0.3) is 0 Å². The van der Waals surface area contributed by atoms with Gasteiger partial charge in [-0.15, -0.1) is 0 Å². The van der Waals surface area contributed by atoms with Gasteiger partial charge in [0, 0.05) is 6.07 Å². The summed E-state index contributed by atoms with van der Waals surface area (Å²) in [6.07, 6.45) is 1.45. The summed E-state index contributed by atoms with van der Waals surface area (Å²) in [6.45, 7) is 1.87. The number of nitrogens with zero attached hydrogens (tertiary/aromatic N) is 1. The van der Waals surface area contributed by atoms with Gasteiger partial charge in [-0.1, -0.05) is 19.4 Å². The summed E-state index contributed by atoms with van der Waals surface area (Å²) in [5.41, 5.74) is 0.446. The van der Waals surface area contributed by atoms with Crippen molar-refractivity contribution in [3.05, 3.63) is 24.3 Å². The van der Waals surface area contributed by atoms with Crippen molar-refractivity contribution in [1.29, 1.82) is 5.26 Å². The molecule has 0 heterocycles. The van der Waals surface area contributed by atoms with Gasteiger partial charge in [0.1, 0.15) is 11.8 Å². The average Bonchev–Trinajstić information content (AvgIpc) is 2.34. The first-order valence-electron chi connectivity index (χ1n) is 5.67. The van der Waals surface area contributed by atoms with Crippen molar-refractivity contribution in [2.45, 2.75) is 19.8 Å². The van der Waals surface area contributed by atoms with Crippen LogP contribution in [0, 0.1) is 11.3 Å². The van der Waals surface area contributed by atoms with Crippen LogP contribution in [0.2, 0.25) is 0 Å². The van der Waals surface area contributed by atoms with Gasteiger partial charge in [0.2, 0.25) is 10.0 Å². The average molecular weight is 268 g/mol. The quantitative estimate of drug-likeness (QED) is 0.821. The van der Waals surface area contributed by atoms with Crippen molar-refractivity contribution in [2.24, 2.45) is 0 Å².